The zero-order valence-electron chi connectivity index (χ0n) is 11.9. The molecule has 2 heterocycles. The van der Waals surface area contributed by atoms with Gasteiger partial charge in [0.25, 0.3) is 5.91 Å². The summed E-state index contributed by atoms with van der Waals surface area (Å²) in [6, 6.07) is 9.41. The Bertz CT molecular complexity index is 685. The van der Waals surface area contributed by atoms with Crippen molar-refractivity contribution in [1.82, 2.24) is 9.88 Å². The summed E-state index contributed by atoms with van der Waals surface area (Å²) < 4.78 is 13.7. The van der Waals surface area contributed by atoms with Gasteiger partial charge in [0.2, 0.25) is 0 Å². The molecule has 0 unspecified atom stereocenters. The van der Waals surface area contributed by atoms with Crippen LogP contribution in [0, 0.1) is 5.82 Å². The predicted molar refractivity (Wildman–Crippen MR) is 80.4 cm³/mol. The SMILES string of the molecule is O=C(c1ccccc1O)N1CCN(c2ncccc2F)CC1. The number of rotatable bonds is 2. The van der Waals surface area contributed by atoms with Gasteiger partial charge in [-0.25, -0.2) is 9.37 Å². The van der Waals surface area contributed by atoms with Gasteiger partial charge >= 0.3 is 0 Å². The molecule has 0 spiro atoms. The Balaban J connectivity index is 1.68. The van der Waals surface area contributed by atoms with E-state index in [1.54, 1.807) is 35.4 Å². The number of hydrogen-bond acceptors (Lipinski definition) is 4. The van der Waals surface area contributed by atoms with Crippen molar-refractivity contribution in [3.05, 3.63) is 54.0 Å². The first-order chi connectivity index (χ1) is 10.7. The quantitative estimate of drug-likeness (QED) is 0.920. The van der Waals surface area contributed by atoms with Crippen LogP contribution in [0.4, 0.5) is 10.2 Å². The largest absolute Gasteiger partial charge is 0.507 e. The number of benzene rings is 1. The van der Waals surface area contributed by atoms with Crippen LogP contribution in [-0.2, 0) is 0 Å². The zero-order chi connectivity index (χ0) is 15.5. The number of carbonyl (C=O) groups excluding carboxylic acids is 1. The highest BCUT2D eigenvalue weighted by Gasteiger charge is 2.25. The third-order valence-corrected chi connectivity index (χ3v) is 3.74. The Morgan fingerprint density at radius 1 is 1.09 bits per heavy atom. The van der Waals surface area contributed by atoms with E-state index in [0.29, 0.717) is 37.6 Å². The van der Waals surface area contributed by atoms with E-state index in [0.717, 1.165) is 0 Å². The molecule has 0 bridgehead atoms. The number of halogens is 1. The van der Waals surface area contributed by atoms with E-state index in [9.17, 15) is 14.3 Å². The van der Waals surface area contributed by atoms with E-state index in [4.69, 9.17) is 0 Å². The van der Waals surface area contributed by atoms with E-state index in [1.165, 1.54) is 12.1 Å². The van der Waals surface area contributed by atoms with Crippen molar-refractivity contribution in [3.8, 4) is 5.75 Å². The van der Waals surface area contributed by atoms with Crippen LogP contribution in [0.2, 0.25) is 0 Å². The summed E-state index contributed by atoms with van der Waals surface area (Å²) in [6.07, 6.45) is 1.55. The van der Waals surface area contributed by atoms with E-state index in [-0.39, 0.29) is 17.5 Å². The van der Waals surface area contributed by atoms with Gasteiger partial charge in [-0.1, -0.05) is 12.1 Å². The number of carbonyl (C=O) groups is 1. The van der Waals surface area contributed by atoms with Gasteiger partial charge < -0.3 is 14.9 Å². The summed E-state index contributed by atoms with van der Waals surface area (Å²) in [4.78, 5) is 19.9. The second-order valence-corrected chi connectivity index (χ2v) is 5.11. The van der Waals surface area contributed by atoms with Crippen molar-refractivity contribution >= 4 is 11.7 Å². The summed E-state index contributed by atoms with van der Waals surface area (Å²) in [5, 5.41) is 9.76. The molecule has 1 aromatic carbocycles. The van der Waals surface area contributed by atoms with Crippen LogP contribution < -0.4 is 4.90 Å². The maximum Gasteiger partial charge on any atom is 0.257 e. The third kappa shape index (κ3) is 2.72. The molecule has 1 aliphatic heterocycles. The Morgan fingerprint density at radius 3 is 2.50 bits per heavy atom. The van der Waals surface area contributed by atoms with Crippen molar-refractivity contribution in [2.24, 2.45) is 0 Å². The fraction of sp³-hybridized carbons (Fsp3) is 0.250. The number of amides is 1. The Morgan fingerprint density at radius 2 is 1.82 bits per heavy atom. The maximum atomic E-state index is 13.7. The summed E-state index contributed by atoms with van der Waals surface area (Å²) in [7, 11) is 0. The number of piperazine rings is 1. The first kappa shape index (κ1) is 14.3. The van der Waals surface area contributed by atoms with E-state index in [1.807, 2.05) is 4.90 Å². The molecule has 0 radical (unpaired) electrons. The average Bonchev–Trinajstić information content (AvgIpc) is 2.55. The van der Waals surface area contributed by atoms with Crippen LogP contribution in [0.3, 0.4) is 0 Å². The van der Waals surface area contributed by atoms with Gasteiger partial charge in [0.05, 0.1) is 5.56 Å². The number of phenols is 1. The molecule has 0 saturated carbocycles. The lowest BCUT2D eigenvalue weighted by Crippen LogP contribution is -2.49. The molecule has 1 fully saturated rings. The second-order valence-electron chi connectivity index (χ2n) is 5.11. The van der Waals surface area contributed by atoms with E-state index in [2.05, 4.69) is 4.98 Å². The minimum absolute atomic E-state index is 0.0225. The molecular formula is C16H16FN3O2. The van der Waals surface area contributed by atoms with Gasteiger partial charge in [0, 0.05) is 32.4 Å². The summed E-state index contributed by atoms with van der Waals surface area (Å²) in [6.45, 7) is 1.94. The lowest BCUT2D eigenvalue weighted by atomic mass is 10.1. The highest BCUT2D eigenvalue weighted by atomic mass is 19.1. The number of aromatic nitrogens is 1. The van der Waals surface area contributed by atoms with E-state index >= 15 is 0 Å². The van der Waals surface area contributed by atoms with Crippen molar-refractivity contribution < 1.29 is 14.3 Å². The lowest BCUT2D eigenvalue weighted by molar-refractivity contribution is 0.0743. The Labute approximate surface area is 127 Å². The molecular weight excluding hydrogens is 285 g/mol. The van der Waals surface area contributed by atoms with Gasteiger partial charge in [0.15, 0.2) is 11.6 Å². The number of pyridine rings is 1. The first-order valence-corrected chi connectivity index (χ1v) is 7.09. The van der Waals surface area contributed by atoms with Gasteiger partial charge in [-0.2, -0.15) is 0 Å². The molecule has 1 N–H and O–H groups in total. The molecule has 3 rings (SSSR count). The number of aromatic hydroxyl groups is 1. The monoisotopic (exact) mass is 301 g/mol. The summed E-state index contributed by atoms with van der Waals surface area (Å²) in [5.41, 5.74) is 0.292. The van der Waals surface area contributed by atoms with Crippen LogP contribution in [0.5, 0.6) is 5.75 Å². The normalized spacial score (nSPS) is 15.0. The van der Waals surface area contributed by atoms with Crippen LogP contribution in [0.25, 0.3) is 0 Å². The molecule has 5 nitrogen and oxygen atoms in total. The molecule has 1 aliphatic rings. The van der Waals surface area contributed by atoms with Crippen LogP contribution >= 0.6 is 0 Å². The number of hydrogen-bond donors (Lipinski definition) is 1. The Hall–Kier alpha value is -2.63. The highest BCUT2D eigenvalue weighted by molar-refractivity contribution is 5.96. The smallest absolute Gasteiger partial charge is 0.257 e. The lowest BCUT2D eigenvalue weighted by Gasteiger charge is -2.35. The highest BCUT2D eigenvalue weighted by Crippen LogP contribution is 2.21. The molecule has 1 aromatic heterocycles. The van der Waals surface area contributed by atoms with Crippen LogP contribution in [0.15, 0.2) is 42.6 Å². The van der Waals surface area contributed by atoms with Gasteiger partial charge in [-0.3, -0.25) is 4.79 Å². The molecule has 6 heteroatoms. The average molecular weight is 301 g/mol. The van der Waals surface area contributed by atoms with Gasteiger partial charge in [0.1, 0.15) is 5.75 Å². The van der Waals surface area contributed by atoms with Crippen molar-refractivity contribution in [2.75, 3.05) is 31.1 Å². The summed E-state index contributed by atoms with van der Waals surface area (Å²) in [5.74, 6) is -0.273. The van der Waals surface area contributed by atoms with Gasteiger partial charge in [-0.05, 0) is 24.3 Å². The minimum Gasteiger partial charge on any atom is -0.507 e. The standard InChI is InChI=1S/C16H16FN3O2/c17-13-5-3-7-18-15(13)19-8-10-20(11-9-19)16(22)12-4-1-2-6-14(12)21/h1-7,21H,8-11H2. The van der Waals surface area contributed by atoms with Crippen molar-refractivity contribution in [2.45, 2.75) is 0 Å². The second kappa shape index (κ2) is 6.01. The molecule has 114 valence electrons. The Kier molecular flexibility index (Phi) is 3.91. The number of para-hydroxylation sites is 1. The number of nitrogens with zero attached hydrogens (tertiary/aromatic N) is 3. The molecule has 2 aromatic rings. The summed E-state index contributed by atoms with van der Waals surface area (Å²) >= 11 is 0. The molecule has 0 aliphatic carbocycles. The first-order valence-electron chi connectivity index (χ1n) is 7.09. The molecule has 1 amide bonds. The molecule has 0 atom stereocenters. The molecule has 22 heavy (non-hydrogen) atoms. The van der Waals surface area contributed by atoms with Crippen molar-refractivity contribution in [3.63, 3.8) is 0 Å². The number of phenolic OH excluding ortho intramolecular Hbond substituents is 1. The fourth-order valence-electron chi connectivity index (χ4n) is 2.56. The fourth-order valence-corrected chi connectivity index (χ4v) is 2.56. The zero-order valence-corrected chi connectivity index (χ0v) is 11.9. The predicted octanol–water partition coefficient (Wildman–Crippen LogP) is 1.89. The number of anilines is 1. The molecule has 1 saturated heterocycles. The van der Waals surface area contributed by atoms with E-state index < -0.39 is 0 Å². The van der Waals surface area contributed by atoms with Crippen molar-refractivity contribution in [1.29, 1.82) is 0 Å². The third-order valence-electron chi connectivity index (χ3n) is 3.74. The van der Waals surface area contributed by atoms with Gasteiger partial charge in [-0.15, -0.1) is 0 Å². The minimum atomic E-state index is -0.358. The maximum absolute atomic E-state index is 13.7. The topological polar surface area (TPSA) is 56.7 Å². The van der Waals surface area contributed by atoms with Crippen LogP contribution in [-0.4, -0.2) is 47.1 Å². The van der Waals surface area contributed by atoms with Crippen LogP contribution in [0.1, 0.15) is 10.4 Å².